The van der Waals surface area contributed by atoms with Crippen LogP contribution in [0.1, 0.15) is 34.2 Å². The van der Waals surface area contributed by atoms with Gasteiger partial charge in [0.15, 0.2) is 5.16 Å². The number of hydrogen-bond donors (Lipinski definition) is 0. The lowest BCUT2D eigenvalue weighted by atomic mass is 10.1. The Labute approximate surface area is 188 Å². The maximum absolute atomic E-state index is 13.2. The monoisotopic (exact) mass is 435 g/mol. The number of rotatable bonds is 6. The molecule has 0 atom stereocenters. The van der Waals surface area contributed by atoms with E-state index in [1.54, 1.807) is 11.8 Å². The van der Waals surface area contributed by atoms with E-state index in [2.05, 4.69) is 51.7 Å². The molecule has 0 aliphatic carbocycles. The third-order valence-corrected chi connectivity index (χ3v) is 6.74. The van der Waals surface area contributed by atoms with Crippen LogP contribution in [0, 0.1) is 13.8 Å². The van der Waals surface area contributed by atoms with Gasteiger partial charge >= 0.3 is 0 Å². The molecule has 162 valence electrons. The molecule has 0 saturated carbocycles. The summed E-state index contributed by atoms with van der Waals surface area (Å²) in [5.41, 5.74) is 4.08. The van der Waals surface area contributed by atoms with Crippen molar-refractivity contribution in [1.82, 2.24) is 24.6 Å². The van der Waals surface area contributed by atoms with E-state index in [-0.39, 0.29) is 5.91 Å². The van der Waals surface area contributed by atoms with Crippen molar-refractivity contribution < 1.29 is 4.79 Å². The van der Waals surface area contributed by atoms with Crippen molar-refractivity contribution in [3.05, 3.63) is 71.0 Å². The van der Waals surface area contributed by atoms with Gasteiger partial charge in [-0.15, -0.1) is 10.2 Å². The number of amides is 1. The number of carbonyl (C=O) groups excluding carboxylic acids is 1. The first-order valence-electron chi connectivity index (χ1n) is 10.8. The van der Waals surface area contributed by atoms with Gasteiger partial charge < -0.3 is 9.80 Å². The summed E-state index contributed by atoms with van der Waals surface area (Å²) in [6.07, 6.45) is 0. The van der Waals surface area contributed by atoms with E-state index in [9.17, 15) is 4.79 Å². The highest BCUT2D eigenvalue weighted by Gasteiger charge is 2.23. The Morgan fingerprint density at radius 2 is 1.77 bits per heavy atom. The number of aryl methyl sites for hydroxylation is 2. The normalized spacial score (nSPS) is 14.7. The van der Waals surface area contributed by atoms with E-state index in [0.29, 0.717) is 5.75 Å². The van der Waals surface area contributed by atoms with Crippen molar-refractivity contribution in [2.75, 3.05) is 32.7 Å². The van der Waals surface area contributed by atoms with Gasteiger partial charge in [0, 0.05) is 43.2 Å². The maximum atomic E-state index is 13.2. The Hall–Kier alpha value is -2.64. The third-order valence-electron chi connectivity index (χ3n) is 5.77. The molecule has 0 bridgehead atoms. The molecule has 1 aliphatic heterocycles. The number of nitrogens with zero attached hydrogens (tertiary/aromatic N) is 5. The van der Waals surface area contributed by atoms with Crippen LogP contribution in [-0.2, 0) is 5.75 Å². The second-order valence-corrected chi connectivity index (χ2v) is 8.82. The fourth-order valence-corrected chi connectivity index (χ4v) is 4.94. The Balaban J connectivity index is 1.52. The van der Waals surface area contributed by atoms with Crippen LogP contribution in [-0.4, -0.2) is 63.2 Å². The summed E-state index contributed by atoms with van der Waals surface area (Å²) in [5, 5.41) is 9.52. The molecule has 3 aromatic rings. The van der Waals surface area contributed by atoms with Gasteiger partial charge in [0.05, 0.1) is 0 Å². The van der Waals surface area contributed by atoms with E-state index >= 15 is 0 Å². The van der Waals surface area contributed by atoms with Crippen LogP contribution in [0.15, 0.2) is 53.7 Å². The van der Waals surface area contributed by atoms with Crippen molar-refractivity contribution in [2.24, 2.45) is 0 Å². The standard InChI is InChI=1S/C24H29N5OS/c1-4-27-12-14-28(15-13-27)23(30)22-11-6-5-9-20(22)17-31-24-26-25-19(3)29(24)21-10-7-8-18(2)16-21/h5-11,16H,4,12-15,17H2,1-3H3. The minimum absolute atomic E-state index is 0.128. The number of thioether (sulfide) groups is 1. The van der Waals surface area contributed by atoms with Crippen LogP contribution in [0.5, 0.6) is 0 Å². The van der Waals surface area contributed by atoms with Gasteiger partial charge in [0.2, 0.25) is 0 Å². The van der Waals surface area contributed by atoms with E-state index in [1.165, 1.54) is 5.56 Å². The van der Waals surface area contributed by atoms with Gasteiger partial charge in [-0.25, -0.2) is 0 Å². The minimum Gasteiger partial charge on any atom is -0.336 e. The maximum Gasteiger partial charge on any atom is 0.254 e. The molecule has 2 heterocycles. The lowest BCUT2D eigenvalue weighted by Gasteiger charge is -2.34. The average Bonchev–Trinajstić information content (AvgIpc) is 3.17. The summed E-state index contributed by atoms with van der Waals surface area (Å²) in [5.74, 6) is 1.65. The van der Waals surface area contributed by atoms with Gasteiger partial charge in [-0.3, -0.25) is 9.36 Å². The summed E-state index contributed by atoms with van der Waals surface area (Å²) in [4.78, 5) is 17.6. The lowest BCUT2D eigenvalue weighted by molar-refractivity contribution is 0.0642. The van der Waals surface area contributed by atoms with E-state index in [1.807, 2.05) is 42.2 Å². The lowest BCUT2D eigenvalue weighted by Crippen LogP contribution is -2.48. The number of carbonyl (C=O) groups is 1. The first kappa shape index (κ1) is 21.6. The fourth-order valence-electron chi connectivity index (χ4n) is 3.94. The highest BCUT2D eigenvalue weighted by molar-refractivity contribution is 7.98. The zero-order valence-electron chi connectivity index (χ0n) is 18.4. The molecular weight excluding hydrogens is 406 g/mol. The zero-order chi connectivity index (χ0) is 21.8. The number of piperazine rings is 1. The van der Waals surface area contributed by atoms with E-state index in [0.717, 1.165) is 60.5 Å². The molecule has 0 unspecified atom stereocenters. The van der Waals surface area contributed by atoms with Gasteiger partial charge in [-0.2, -0.15) is 0 Å². The molecule has 1 saturated heterocycles. The van der Waals surface area contributed by atoms with Crippen LogP contribution in [0.25, 0.3) is 5.69 Å². The molecule has 6 nitrogen and oxygen atoms in total. The molecule has 1 aromatic heterocycles. The number of benzene rings is 2. The highest BCUT2D eigenvalue weighted by Crippen LogP contribution is 2.27. The van der Waals surface area contributed by atoms with E-state index in [4.69, 9.17) is 0 Å². The first-order valence-corrected chi connectivity index (χ1v) is 11.8. The summed E-state index contributed by atoms with van der Waals surface area (Å²) in [6, 6.07) is 16.3. The van der Waals surface area contributed by atoms with Gasteiger partial charge in [0.1, 0.15) is 5.82 Å². The number of hydrogen-bond acceptors (Lipinski definition) is 5. The molecule has 0 N–H and O–H groups in total. The first-order chi connectivity index (χ1) is 15.1. The van der Waals surface area contributed by atoms with Crippen LogP contribution in [0.2, 0.25) is 0 Å². The Morgan fingerprint density at radius 1 is 1.00 bits per heavy atom. The van der Waals surface area contributed by atoms with Crippen LogP contribution in [0.3, 0.4) is 0 Å². The van der Waals surface area contributed by atoms with Crippen molar-refractivity contribution in [3.8, 4) is 5.69 Å². The second kappa shape index (κ2) is 9.66. The predicted octanol–water partition coefficient (Wildman–Crippen LogP) is 3.95. The van der Waals surface area contributed by atoms with Gasteiger partial charge in [-0.1, -0.05) is 49.0 Å². The molecular formula is C24H29N5OS. The second-order valence-electron chi connectivity index (χ2n) is 7.88. The summed E-state index contributed by atoms with van der Waals surface area (Å²) < 4.78 is 2.08. The fraction of sp³-hybridized carbons (Fsp3) is 0.375. The summed E-state index contributed by atoms with van der Waals surface area (Å²) in [7, 11) is 0. The molecule has 0 radical (unpaired) electrons. The van der Waals surface area contributed by atoms with Crippen molar-refractivity contribution in [2.45, 2.75) is 31.7 Å². The van der Waals surface area contributed by atoms with Crippen LogP contribution in [0.4, 0.5) is 0 Å². The summed E-state index contributed by atoms with van der Waals surface area (Å²) >= 11 is 1.61. The molecule has 2 aromatic carbocycles. The molecule has 1 fully saturated rings. The Morgan fingerprint density at radius 3 is 2.52 bits per heavy atom. The molecule has 31 heavy (non-hydrogen) atoms. The van der Waals surface area contributed by atoms with Gasteiger partial charge in [-0.05, 0) is 49.7 Å². The molecule has 7 heteroatoms. The van der Waals surface area contributed by atoms with Gasteiger partial charge in [0.25, 0.3) is 5.91 Å². The minimum atomic E-state index is 0.128. The SMILES string of the molecule is CCN1CCN(C(=O)c2ccccc2CSc2nnc(C)n2-c2cccc(C)c2)CC1. The molecule has 1 amide bonds. The van der Waals surface area contributed by atoms with E-state index < -0.39 is 0 Å². The topological polar surface area (TPSA) is 54.3 Å². The molecule has 0 spiro atoms. The van der Waals surface area contributed by atoms with Crippen molar-refractivity contribution in [1.29, 1.82) is 0 Å². The molecule has 4 rings (SSSR count). The summed E-state index contributed by atoms with van der Waals surface area (Å²) in [6.45, 7) is 10.7. The molecule has 1 aliphatic rings. The Bertz CT molecular complexity index is 1060. The Kier molecular flexibility index (Phi) is 6.73. The smallest absolute Gasteiger partial charge is 0.254 e. The van der Waals surface area contributed by atoms with Crippen molar-refractivity contribution >= 4 is 17.7 Å². The zero-order valence-corrected chi connectivity index (χ0v) is 19.2. The average molecular weight is 436 g/mol. The van der Waals surface area contributed by atoms with Crippen molar-refractivity contribution in [3.63, 3.8) is 0 Å². The van der Waals surface area contributed by atoms with Crippen LogP contribution < -0.4 is 0 Å². The number of likely N-dealkylation sites (N-methyl/N-ethyl adjacent to an activating group) is 1. The highest BCUT2D eigenvalue weighted by atomic mass is 32.2. The predicted molar refractivity (Wildman–Crippen MR) is 125 cm³/mol. The van der Waals surface area contributed by atoms with Crippen LogP contribution >= 0.6 is 11.8 Å². The third kappa shape index (κ3) is 4.83. The number of aromatic nitrogens is 3. The quantitative estimate of drug-likeness (QED) is 0.549. The largest absolute Gasteiger partial charge is 0.336 e.